The Kier molecular flexibility index (Phi) is 13.7. The Morgan fingerprint density at radius 3 is 2.29 bits per heavy atom. The molecule has 4 aliphatic rings. The maximum absolute atomic E-state index is 13.5. The fourth-order valence-electron chi connectivity index (χ4n) is 10.4. The van der Waals surface area contributed by atoms with E-state index in [0.717, 1.165) is 75.6 Å². The molecule has 18 heteroatoms. The lowest BCUT2D eigenvalue weighted by Gasteiger charge is -2.63. The molecule has 4 fully saturated rings. The lowest BCUT2D eigenvalue weighted by atomic mass is 9.49. The maximum Gasteiger partial charge on any atom is 0.278 e. The quantitative estimate of drug-likeness (QED) is 0.154. The van der Waals surface area contributed by atoms with E-state index in [4.69, 9.17) is 21.1 Å². The van der Waals surface area contributed by atoms with E-state index < -0.39 is 23.4 Å². The van der Waals surface area contributed by atoms with E-state index in [1.165, 1.54) is 6.07 Å². The summed E-state index contributed by atoms with van der Waals surface area (Å²) in [4.78, 5) is 70.5. The molecule has 0 bridgehead atoms. The van der Waals surface area contributed by atoms with E-state index >= 15 is 0 Å². The zero-order valence-corrected chi connectivity index (χ0v) is 38.6. The van der Waals surface area contributed by atoms with Crippen LogP contribution >= 0.6 is 11.6 Å². The van der Waals surface area contributed by atoms with Gasteiger partial charge in [-0.05, 0) is 92.9 Å². The number of nitrogens with zero attached hydrogens (tertiary/aromatic N) is 7. The molecule has 17 nitrogen and oxygen atoms in total. The first-order valence-electron chi connectivity index (χ1n) is 22.7. The van der Waals surface area contributed by atoms with Crippen LogP contribution in [0.2, 0.25) is 5.02 Å². The van der Waals surface area contributed by atoms with Gasteiger partial charge < -0.3 is 29.9 Å². The molecule has 4 heterocycles. The zero-order chi connectivity index (χ0) is 46.8. The zero-order valence-electron chi connectivity index (χ0n) is 37.8. The minimum atomic E-state index is -0.931. The van der Waals surface area contributed by atoms with Crippen LogP contribution in [0.4, 0.5) is 5.69 Å². The highest BCUT2D eigenvalue weighted by molar-refractivity contribution is 6.31. The van der Waals surface area contributed by atoms with Gasteiger partial charge in [-0.2, -0.15) is 9.94 Å². The molecule has 1 saturated carbocycles. The van der Waals surface area contributed by atoms with E-state index in [9.17, 15) is 29.2 Å². The van der Waals surface area contributed by atoms with Crippen molar-refractivity contribution in [1.82, 2.24) is 40.7 Å². The summed E-state index contributed by atoms with van der Waals surface area (Å²) < 4.78 is 13.1. The molecule has 3 aliphatic heterocycles. The number of hydrogen-bond acceptors (Lipinski definition) is 13. The van der Waals surface area contributed by atoms with Crippen molar-refractivity contribution in [3.63, 3.8) is 0 Å². The lowest BCUT2D eigenvalue weighted by Crippen LogP contribution is -2.74. The largest absolute Gasteiger partial charge is 0.489 e. The van der Waals surface area contributed by atoms with Crippen LogP contribution in [0.1, 0.15) is 75.3 Å². The Balaban J connectivity index is 0.716. The van der Waals surface area contributed by atoms with Crippen LogP contribution in [-0.2, 0) is 14.4 Å². The lowest BCUT2D eigenvalue weighted by molar-refractivity contribution is -0.164. The van der Waals surface area contributed by atoms with Crippen molar-refractivity contribution < 1.29 is 28.7 Å². The summed E-state index contributed by atoms with van der Waals surface area (Å²) in [6.07, 6.45) is 2.28. The molecular formula is C48H57ClN10O7. The summed E-state index contributed by atoms with van der Waals surface area (Å²) in [6, 6.07) is 18.7. The van der Waals surface area contributed by atoms with Gasteiger partial charge in [0.2, 0.25) is 5.91 Å². The smallest absolute Gasteiger partial charge is 0.278 e. The highest BCUT2D eigenvalue weighted by Gasteiger charge is 2.64. The van der Waals surface area contributed by atoms with Crippen molar-refractivity contribution >= 4 is 51.8 Å². The van der Waals surface area contributed by atoms with Crippen LogP contribution in [-0.4, -0.2) is 126 Å². The van der Waals surface area contributed by atoms with Gasteiger partial charge in [0.1, 0.15) is 35.2 Å². The number of anilines is 1. The predicted molar refractivity (Wildman–Crippen MR) is 247 cm³/mol. The number of halogens is 1. The summed E-state index contributed by atoms with van der Waals surface area (Å²) in [6.45, 7) is 16.2. The number of carbonyl (C=O) groups excluding carboxylic acids is 4. The van der Waals surface area contributed by atoms with Gasteiger partial charge in [0, 0.05) is 86.4 Å². The number of amides is 4. The molecule has 1 aromatic heterocycles. The Morgan fingerprint density at radius 2 is 1.61 bits per heavy atom. The maximum atomic E-state index is 13.5. The van der Waals surface area contributed by atoms with Gasteiger partial charge in [0.05, 0.1) is 16.0 Å². The highest BCUT2D eigenvalue weighted by Crippen LogP contribution is 2.55. The van der Waals surface area contributed by atoms with Crippen LogP contribution in [0, 0.1) is 28.1 Å². The number of nitriles is 1. The molecule has 4 aromatic rings. The summed E-state index contributed by atoms with van der Waals surface area (Å²) >= 11 is 6.26. The second kappa shape index (κ2) is 19.4. The Morgan fingerprint density at radius 1 is 0.894 bits per heavy atom. The molecule has 0 radical (unpaired) electrons. The van der Waals surface area contributed by atoms with E-state index in [1.807, 2.05) is 24.3 Å². The van der Waals surface area contributed by atoms with E-state index in [0.29, 0.717) is 45.6 Å². The first-order valence-corrected chi connectivity index (χ1v) is 23.1. The summed E-state index contributed by atoms with van der Waals surface area (Å²) in [5, 5.41) is 26.2. The first kappa shape index (κ1) is 46.4. The molecule has 1 atom stereocenters. The molecule has 4 amide bonds. The summed E-state index contributed by atoms with van der Waals surface area (Å²) in [7, 11) is 0. The second-order valence-electron chi connectivity index (χ2n) is 19.0. The Labute approximate surface area is 388 Å². The number of rotatable bonds is 14. The molecular weight excluding hydrogens is 864 g/mol. The van der Waals surface area contributed by atoms with Crippen LogP contribution in [0.5, 0.6) is 11.5 Å². The van der Waals surface area contributed by atoms with Gasteiger partial charge in [-0.1, -0.05) is 44.5 Å². The van der Waals surface area contributed by atoms with E-state index in [2.05, 4.69) is 74.7 Å². The third kappa shape index (κ3) is 10.0. The number of imide groups is 1. The van der Waals surface area contributed by atoms with Gasteiger partial charge in [-0.25, -0.2) is 0 Å². The molecule has 1 unspecified atom stereocenters. The number of benzene rings is 3. The van der Waals surface area contributed by atoms with Gasteiger partial charge in [0.25, 0.3) is 23.3 Å². The minimum Gasteiger partial charge on any atom is -0.489 e. The van der Waals surface area contributed by atoms with Crippen molar-refractivity contribution in [2.45, 2.75) is 71.6 Å². The number of fused-ring (bicyclic) bond motifs is 1. The number of piperazine rings is 1. The number of piperidine rings is 2. The molecule has 8 rings (SSSR count). The average molecular weight is 921 g/mol. The molecule has 3 N–H and O–H groups in total. The third-order valence-corrected chi connectivity index (χ3v) is 14.1. The minimum absolute atomic E-state index is 0.100. The van der Waals surface area contributed by atoms with Crippen molar-refractivity contribution in [2.24, 2.45) is 16.7 Å². The summed E-state index contributed by atoms with van der Waals surface area (Å²) in [5.41, 5.74) is 1.22. The Bertz CT molecular complexity index is 2560. The molecule has 66 heavy (non-hydrogen) atoms. The molecule has 348 valence electrons. The number of hydrogen-bond donors (Lipinski definition) is 3. The Hall–Kier alpha value is -6.09. The molecule has 0 spiro atoms. The van der Waals surface area contributed by atoms with E-state index in [-0.39, 0.29) is 59.6 Å². The van der Waals surface area contributed by atoms with E-state index in [1.54, 1.807) is 30.3 Å². The average Bonchev–Trinajstić information content (AvgIpc) is 3.30. The van der Waals surface area contributed by atoms with Crippen LogP contribution in [0.3, 0.4) is 0 Å². The number of likely N-dealkylation sites (tertiary alicyclic amines) is 1. The molecule has 1 aliphatic carbocycles. The topological polar surface area (TPSA) is 204 Å². The van der Waals surface area contributed by atoms with Crippen LogP contribution in [0.15, 0.2) is 65.5 Å². The molecule has 3 saturated heterocycles. The number of ether oxygens (including phenoxy) is 2. The first-order chi connectivity index (χ1) is 31.6. The highest BCUT2D eigenvalue weighted by atomic mass is 35.5. The van der Waals surface area contributed by atoms with Gasteiger partial charge >= 0.3 is 0 Å². The standard InChI is InChI=1S/C48H57ClN10O7/c1-47(2)45(48(3,4)46(47)66-35-10-7-32(27-50)37(49)26-35)53-42(62)31-5-8-33(9-6-31)58-23-21-57(22-24-58)28-30-15-18-56(19-16-30)20-17-51-41(61)29-65-34-11-12-38-36(25-34)44(64)59(55-54-38)39-13-14-40(60)52-43(39)63/h5-12,25-26,30,39,45-46H,13-24,28-29H2,1-4H3,(H,51,61)(H,53,62)(H,52,60,63)/t39?,45-,46-. The van der Waals surface area contributed by atoms with Gasteiger partial charge in [0.15, 0.2) is 6.61 Å². The van der Waals surface area contributed by atoms with Gasteiger partial charge in [-0.15, -0.1) is 5.10 Å². The van der Waals surface area contributed by atoms with Crippen molar-refractivity contribution in [3.05, 3.63) is 87.2 Å². The fourth-order valence-corrected chi connectivity index (χ4v) is 10.6. The predicted octanol–water partition coefficient (Wildman–Crippen LogP) is 3.94. The monoisotopic (exact) mass is 920 g/mol. The van der Waals surface area contributed by atoms with Crippen molar-refractivity contribution in [1.29, 1.82) is 5.26 Å². The SMILES string of the molecule is CC1(C)[C@H](NC(=O)c2ccc(N3CCN(CC4CCN(CCNC(=O)COc5ccc6nnn(C7CCC(=O)NC7=O)c(=O)c6c5)CC4)CC3)cc2)C(C)(C)[C@H]1Oc1ccc(C#N)c(Cl)c1. The number of carbonyl (C=O) groups is 4. The van der Waals surface area contributed by atoms with Crippen LogP contribution in [0.25, 0.3) is 10.9 Å². The van der Waals surface area contributed by atoms with Crippen molar-refractivity contribution in [3.8, 4) is 17.6 Å². The number of aromatic nitrogens is 3. The second-order valence-corrected chi connectivity index (χ2v) is 19.5. The van der Waals surface area contributed by atoms with Gasteiger partial charge in [-0.3, -0.25) is 34.2 Å². The molecule has 3 aromatic carbocycles. The van der Waals surface area contributed by atoms with Crippen LogP contribution < -0.4 is 35.9 Å². The third-order valence-electron chi connectivity index (χ3n) is 13.8. The normalized spacial score (nSPS) is 22.2. The fraction of sp³-hybridized carbons (Fsp3) is 0.500. The number of nitrogens with one attached hydrogen (secondary N) is 3. The van der Waals surface area contributed by atoms with Crippen molar-refractivity contribution in [2.75, 3.05) is 70.4 Å². The summed E-state index contributed by atoms with van der Waals surface area (Å²) in [5.74, 6) is 0.161.